The van der Waals surface area contributed by atoms with Gasteiger partial charge in [-0.2, -0.15) is 0 Å². The van der Waals surface area contributed by atoms with E-state index in [0.717, 1.165) is 0 Å². The summed E-state index contributed by atoms with van der Waals surface area (Å²) in [6, 6.07) is 2.64. The van der Waals surface area contributed by atoms with Crippen LogP contribution in [0.1, 0.15) is 0 Å². The van der Waals surface area contributed by atoms with Gasteiger partial charge >= 0.3 is 7.32 Å². The Morgan fingerprint density at radius 3 is 2.47 bits per heavy atom. The first-order valence-electron chi connectivity index (χ1n) is 4.11. The Morgan fingerprint density at radius 1 is 1.40 bits per heavy atom. The molecular weight excluding hydrogens is 223 g/mol. The highest BCUT2D eigenvalue weighted by Crippen LogP contribution is 2.33. The summed E-state index contributed by atoms with van der Waals surface area (Å²) in [5.74, 6) is -1.00. The van der Waals surface area contributed by atoms with Gasteiger partial charge in [0.15, 0.2) is 5.82 Å². The van der Waals surface area contributed by atoms with Crippen molar-refractivity contribution in [3.8, 4) is 5.75 Å². The van der Waals surface area contributed by atoms with Crippen molar-refractivity contribution in [2.24, 2.45) is 0 Å². The van der Waals surface area contributed by atoms with Gasteiger partial charge in [0.2, 0.25) is 0 Å². The standard InChI is InChI=1S/C8H10BClFNO3/c1-12(2)8-5(10)3-4-6(7(8)11)15-9(13)14/h3-4,13-14H,1-2H3. The van der Waals surface area contributed by atoms with Crippen molar-refractivity contribution in [1.82, 2.24) is 0 Å². The maximum Gasteiger partial charge on any atom is 0.707 e. The minimum Gasteiger partial charge on any atom is -0.509 e. The third kappa shape index (κ3) is 2.74. The second-order valence-corrected chi connectivity index (χ2v) is 3.45. The van der Waals surface area contributed by atoms with E-state index in [9.17, 15) is 4.39 Å². The molecule has 4 nitrogen and oxygen atoms in total. The molecule has 0 amide bonds. The fourth-order valence-electron chi connectivity index (χ4n) is 1.14. The SMILES string of the molecule is CN(C)c1c(Cl)ccc(OB(O)O)c1F. The molecule has 0 aromatic heterocycles. The Hall–Kier alpha value is -0.975. The van der Waals surface area contributed by atoms with Gasteiger partial charge in [0.1, 0.15) is 5.75 Å². The maximum atomic E-state index is 13.7. The van der Waals surface area contributed by atoms with Crippen LogP contribution in [0.5, 0.6) is 5.75 Å². The fourth-order valence-corrected chi connectivity index (χ4v) is 1.45. The fraction of sp³-hybridized carbons (Fsp3) is 0.250. The zero-order valence-electron chi connectivity index (χ0n) is 8.24. The summed E-state index contributed by atoms with van der Waals surface area (Å²) in [4.78, 5) is 1.47. The lowest BCUT2D eigenvalue weighted by Gasteiger charge is -2.17. The molecular formula is C8H10BClFNO3. The van der Waals surface area contributed by atoms with Crippen molar-refractivity contribution >= 4 is 24.6 Å². The third-order valence-electron chi connectivity index (χ3n) is 1.71. The average Bonchev–Trinajstić information content (AvgIpc) is 2.09. The lowest BCUT2D eigenvalue weighted by atomic mass is 10.2. The molecule has 0 saturated carbocycles. The molecule has 1 aromatic carbocycles. The van der Waals surface area contributed by atoms with E-state index in [1.807, 2.05) is 0 Å². The highest BCUT2D eigenvalue weighted by Gasteiger charge is 2.19. The van der Waals surface area contributed by atoms with E-state index in [0.29, 0.717) is 0 Å². The second kappa shape index (κ2) is 4.70. The number of hydrogen-bond donors (Lipinski definition) is 2. The Bertz CT molecular complexity index is 362. The summed E-state index contributed by atoms with van der Waals surface area (Å²) < 4.78 is 18.1. The molecule has 0 fully saturated rings. The molecule has 0 aliphatic carbocycles. The van der Waals surface area contributed by atoms with E-state index in [4.69, 9.17) is 21.6 Å². The van der Waals surface area contributed by atoms with E-state index in [-0.39, 0.29) is 16.5 Å². The van der Waals surface area contributed by atoms with Crippen LogP contribution in [0.15, 0.2) is 12.1 Å². The molecule has 0 aliphatic rings. The first-order valence-corrected chi connectivity index (χ1v) is 4.49. The quantitative estimate of drug-likeness (QED) is 0.762. The number of benzene rings is 1. The summed E-state index contributed by atoms with van der Waals surface area (Å²) in [6.07, 6.45) is 0. The predicted octanol–water partition coefficient (Wildman–Crippen LogP) is 0.893. The monoisotopic (exact) mass is 233 g/mol. The number of hydrogen-bond acceptors (Lipinski definition) is 4. The molecule has 1 rings (SSSR count). The van der Waals surface area contributed by atoms with Crippen LogP contribution in [0.4, 0.5) is 10.1 Å². The Kier molecular flexibility index (Phi) is 3.79. The van der Waals surface area contributed by atoms with Crippen molar-refractivity contribution in [2.75, 3.05) is 19.0 Å². The Morgan fingerprint density at radius 2 is 2.00 bits per heavy atom. The molecule has 2 N–H and O–H groups in total. The van der Waals surface area contributed by atoms with Crippen molar-refractivity contribution in [1.29, 1.82) is 0 Å². The number of anilines is 1. The van der Waals surface area contributed by atoms with E-state index in [1.54, 1.807) is 14.1 Å². The molecule has 0 spiro atoms. The van der Waals surface area contributed by atoms with Gasteiger partial charge in [0.25, 0.3) is 0 Å². The van der Waals surface area contributed by atoms with Gasteiger partial charge in [0.05, 0.1) is 10.7 Å². The van der Waals surface area contributed by atoms with Gasteiger partial charge in [0, 0.05) is 14.1 Å². The minimum absolute atomic E-state index is 0.134. The van der Waals surface area contributed by atoms with Crippen LogP contribution in [-0.2, 0) is 0 Å². The number of nitrogens with zero attached hydrogens (tertiary/aromatic N) is 1. The molecule has 0 radical (unpaired) electrons. The molecule has 0 unspecified atom stereocenters. The predicted molar refractivity (Wildman–Crippen MR) is 56.6 cm³/mol. The maximum absolute atomic E-state index is 13.7. The van der Waals surface area contributed by atoms with E-state index >= 15 is 0 Å². The van der Waals surface area contributed by atoms with Gasteiger partial charge in [-0.05, 0) is 12.1 Å². The van der Waals surface area contributed by atoms with Crippen LogP contribution >= 0.6 is 11.6 Å². The molecule has 15 heavy (non-hydrogen) atoms. The van der Waals surface area contributed by atoms with Gasteiger partial charge in [-0.25, -0.2) is 4.39 Å². The first-order chi connectivity index (χ1) is 6.93. The molecule has 82 valence electrons. The number of halogens is 2. The molecule has 0 heterocycles. The van der Waals surface area contributed by atoms with E-state index < -0.39 is 13.1 Å². The summed E-state index contributed by atoms with van der Waals surface area (Å²) in [7, 11) is 1.17. The highest BCUT2D eigenvalue weighted by molar-refractivity contribution is 6.34. The molecule has 1 aromatic rings. The minimum atomic E-state index is -2.06. The topological polar surface area (TPSA) is 52.9 Å². The Labute approximate surface area is 92.0 Å². The third-order valence-corrected chi connectivity index (χ3v) is 2.02. The van der Waals surface area contributed by atoms with Crippen LogP contribution in [-0.4, -0.2) is 31.5 Å². The highest BCUT2D eigenvalue weighted by atomic mass is 35.5. The second-order valence-electron chi connectivity index (χ2n) is 3.05. The van der Waals surface area contributed by atoms with E-state index in [2.05, 4.69) is 4.65 Å². The summed E-state index contributed by atoms with van der Waals surface area (Å²) in [5.41, 5.74) is 0.134. The molecule has 0 bridgehead atoms. The number of rotatable bonds is 3. The van der Waals surface area contributed by atoms with Gasteiger partial charge < -0.3 is 19.6 Å². The smallest absolute Gasteiger partial charge is 0.509 e. The van der Waals surface area contributed by atoms with Crippen LogP contribution < -0.4 is 9.55 Å². The Balaban J connectivity index is 3.16. The van der Waals surface area contributed by atoms with Crippen LogP contribution in [0, 0.1) is 5.82 Å². The summed E-state index contributed by atoms with van der Waals surface area (Å²) in [5, 5.41) is 17.3. The average molecular weight is 233 g/mol. The van der Waals surface area contributed by atoms with Crippen LogP contribution in [0.2, 0.25) is 5.02 Å². The van der Waals surface area contributed by atoms with Crippen molar-refractivity contribution < 1.29 is 19.1 Å². The molecule has 7 heteroatoms. The van der Waals surface area contributed by atoms with Crippen molar-refractivity contribution in [3.05, 3.63) is 23.0 Å². The van der Waals surface area contributed by atoms with Crippen LogP contribution in [0.25, 0.3) is 0 Å². The zero-order valence-corrected chi connectivity index (χ0v) is 8.99. The van der Waals surface area contributed by atoms with Crippen molar-refractivity contribution in [3.63, 3.8) is 0 Å². The molecule has 0 aliphatic heterocycles. The normalized spacial score (nSPS) is 10.0. The van der Waals surface area contributed by atoms with Crippen LogP contribution in [0.3, 0.4) is 0 Å². The summed E-state index contributed by atoms with van der Waals surface area (Å²) in [6.45, 7) is 0. The molecule has 0 atom stereocenters. The lowest BCUT2D eigenvalue weighted by molar-refractivity contribution is 0.282. The van der Waals surface area contributed by atoms with Gasteiger partial charge in [-0.15, -0.1) is 0 Å². The lowest BCUT2D eigenvalue weighted by Crippen LogP contribution is -2.22. The van der Waals surface area contributed by atoms with E-state index in [1.165, 1.54) is 17.0 Å². The largest absolute Gasteiger partial charge is 0.707 e. The van der Waals surface area contributed by atoms with Crippen molar-refractivity contribution in [2.45, 2.75) is 0 Å². The zero-order chi connectivity index (χ0) is 11.6. The first kappa shape index (κ1) is 12.1. The summed E-state index contributed by atoms with van der Waals surface area (Å²) >= 11 is 5.77. The molecule has 0 saturated heterocycles. The van der Waals surface area contributed by atoms with Gasteiger partial charge in [-0.1, -0.05) is 11.6 Å². The van der Waals surface area contributed by atoms with Gasteiger partial charge in [-0.3, -0.25) is 0 Å².